The van der Waals surface area contributed by atoms with Crippen molar-refractivity contribution in [2.75, 3.05) is 4.90 Å². The highest BCUT2D eigenvalue weighted by molar-refractivity contribution is 6.30. The summed E-state index contributed by atoms with van der Waals surface area (Å²) in [5.74, 6) is -0.153. The molecule has 8 heteroatoms. The van der Waals surface area contributed by atoms with E-state index in [1.165, 1.54) is 15.2 Å². The first-order chi connectivity index (χ1) is 16.2. The third-order valence-electron chi connectivity index (χ3n) is 6.44. The predicted octanol–water partition coefficient (Wildman–Crippen LogP) is 3.80. The minimum absolute atomic E-state index is 0.100. The van der Waals surface area contributed by atoms with Gasteiger partial charge in [0.25, 0.3) is 11.5 Å². The zero-order valence-electron chi connectivity index (χ0n) is 19.2. The topological polar surface area (TPSA) is 69.2 Å². The van der Waals surface area contributed by atoms with Gasteiger partial charge in [0.05, 0.1) is 22.6 Å². The molecule has 1 aliphatic heterocycles. The van der Waals surface area contributed by atoms with Gasteiger partial charge in [-0.3, -0.25) is 19.3 Å². The summed E-state index contributed by atoms with van der Waals surface area (Å²) >= 11 is 6.15. The van der Waals surface area contributed by atoms with Crippen LogP contribution in [0.4, 0.5) is 5.69 Å². The van der Waals surface area contributed by atoms with E-state index in [9.17, 15) is 14.4 Å². The lowest BCUT2D eigenvalue weighted by Gasteiger charge is -2.28. The molecule has 172 valence electrons. The maximum absolute atomic E-state index is 13.8. The number of aryl methyl sites for hydroxylation is 3. The van der Waals surface area contributed by atoms with Gasteiger partial charge in [0.15, 0.2) is 0 Å². The Morgan fingerprint density at radius 3 is 2.21 bits per heavy atom. The minimum Gasteiger partial charge on any atom is -0.345 e. The average molecular weight is 475 g/mol. The van der Waals surface area contributed by atoms with Gasteiger partial charge in [-0.1, -0.05) is 23.7 Å². The van der Waals surface area contributed by atoms with Crippen LogP contribution in [0.2, 0.25) is 5.02 Å². The predicted molar refractivity (Wildman–Crippen MR) is 133 cm³/mol. The molecule has 1 atom stereocenters. The van der Waals surface area contributed by atoms with Crippen LogP contribution in [0.1, 0.15) is 33.2 Å². The van der Waals surface area contributed by atoms with Gasteiger partial charge in [0.1, 0.15) is 6.04 Å². The standard InChI is InChI=1S/C26H23ClN4O3/c1-15-11-19(14-29(3)25(15)33)31-23(16-5-8-18(27)9-6-16)24-20(26(31)34)12-21(30(24)4)17-7-10-22(32)28(2)13-17/h5-14,23H,1-4H3. The van der Waals surface area contributed by atoms with Crippen LogP contribution >= 0.6 is 11.6 Å². The van der Waals surface area contributed by atoms with Gasteiger partial charge in [-0.25, -0.2) is 0 Å². The molecule has 0 N–H and O–H groups in total. The van der Waals surface area contributed by atoms with Gasteiger partial charge >= 0.3 is 0 Å². The smallest absolute Gasteiger partial charge is 0.261 e. The number of carbonyl (C=O) groups excluding carboxylic acids is 1. The van der Waals surface area contributed by atoms with E-state index in [2.05, 4.69) is 0 Å². The quantitative estimate of drug-likeness (QED) is 0.453. The normalized spacial score (nSPS) is 15.1. The number of hydrogen-bond acceptors (Lipinski definition) is 3. The highest BCUT2D eigenvalue weighted by atomic mass is 35.5. The van der Waals surface area contributed by atoms with E-state index in [4.69, 9.17) is 11.6 Å². The summed E-state index contributed by atoms with van der Waals surface area (Å²) in [5.41, 5.74) is 4.99. The third kappa shape index (κ3) is 3.31. The maximum Gasteiger partial charge on any atom is 0.261 e. The molecule has 5 rings (SSSR count). The molecule has 0 aliphatic carbocycles. The minimum atomic E-state index is -0.414. The first kappa shape index (κ1) is 22.0. The lowest BCUT2D eigenvalue weighted by molar-refractivity contribution is 0.0993. The number of aromatic nitrogens is 3. The van der Waals surface area contributed by atoms with Crippen molar-refractivity contribution >= 4 is 23.2 Å². The van der Waals surface area contributed by atoms with Crippen molar-refractivity contribution in [2.24, 2.45) is 21.1 Å². The van der Waals surface area contributed by atoms with Crippen LogP contribution in [-0.4, -0.2) is 19.6 Å². The van der Waals surface area contributed by atoms with Crippen LogP contribution < -0.4 is 16.0 Å². The zero-order valence-corrected chi connectivity index (χ0v) is 20.0. The van der Waals surface area contributed by atoms with Gasteiger partial charge < -0.3 is 13.7 Å². The fraction of sp³-hybridized carbons (Fsp3) is 0.192. The summed E-state index contributed by atoms with van der Waals surface area (Å²) in [4.78, 5) is 39.7. The Morgan fingerprint density at radius 1 is 0.853 bits per heavy atom. The molecule has 0 spiro atoms. The number of rotatable bonds is 3. The van der Waals surface area contributed by atoms with Gasteiger partial charge in [-0.2, -0.15) is 0 Å². The highest BCUT2D eigenvalue weighted by Gasteiger charge is 2.42. The van der Waals surface area contributed by atoms with E-state index in [0.717, 1.165) is 22.5 Å². The molecule has 1 aromatic carbocycles. The molecule has 1 amide bonds. The summed E-state index contributed by atoms with van der Waals surface area (Å²) in [7, 11) is 5.31. The summed E-state index contributed by atoms with van der Waals surface area (Å²) in [6.45, 7) is 1.74. The lowest BCUT2D eigenvalue weighted by Crippen LogP contribution is -2.31. The highest BCUT2D eigenvalue weighted by Crippen LogP contribution is 2.44. The van der Waals surface area contributed by atoms with E-state index in [1.807, 2.05) is 29.8 Å². The Bertz CT molecular complexity index is 1550. The zero-order chi connectivity index (χ0) is 24.3. The summed E-state index contributed by atoms with van der Waals surface area (Å²) < 4.78 is 5.02. The summed E-state index contributed by atoms with van der Waals surface area (Å²) in [6.07, 6.45) is 3.46. The molecule has 1 aliphatic rings. The van der Waals surface area contributed by atoms with Crippen LogP contribution in [0.25, 0.3) is 11.3 Å². The number of fused-ring (bicyclic) bond motifs is 1. The fourth-order valence-corrected chi connectivity index (χ4v) is 4.84. The Hall–Kier alpha value is -3.84. The number of hydrogen-bond donors (Lipinski definition) is 0. The summed E-state index contributed by atoms with van der Waals surface area (Å²) in [6, 6.07) is 13.9. The van der Waals surface area contributed by atoms with Gasteiger partial charge in [0, 0.05) is 55.8 Å². The van der Waals surface area contributed by atoms with E-state index < -0.39 is 6.04 Å². The molecular formula is C26H23ClN4O3. The molecule has 1 unspecified atom stereocenters. The second kappa shape index (κ2) is 7.88. The van der Waals surface area contributed by atoms with Gasteiger partial charge in [-0.15, -0.1) is 0 Å². The van der Waals surface area contributed by atoms with Crippen LogP contribution in [0.15, 0.2) is 70.5 Å². The molecule has 0 saturated carbocycles. The molecule has 0 radical (unpaired) electrons. The number of amides is 1. The van der Waals surface area contributed by atoms with E-state index in [-0.39, 0.29) is 17.0 Å². The van der Waals surface area contributed by atoms with E-state index >= 15 is 0 Å². The average Bonchev–Trinajstić information content (AvgIpc) is 3.29. The van der Waals surface area contributed by atoms with Crippen molar-refractivity contribution in [3.8, 4) is 11.3 Å². The molecule has 0 bridgehead atoms. The largest absolute Gasteiger partial charge is 0.345 e. The van der Waals surface area contributed by atoms with Gasteiger partial charge in [-0.05, 0) is 42.8 Å². The van der Waals surface area contributed by atoms with Crippen LogP contribution in [0, 0.1) is 6.92 Å². The molecular weight excluding hydrogens is 452 g/mol. The molecule has 7 nitrogen and oxygen atoms in total. The third-order valence-corrected chi connectivity index (χ3v) is 6.69. The van der Waals surface area contributed by atoms with Crippen molar-refractivity contribution in [1.82, 2.24) is 13.7 Å². The Morgan fingerprint density at radius 2 is 1.56 bits per heavy atom. The number of halogens is 1. The van der Waals surface area contributed by atoms with Crippen LogP contribution in [-0.2, 0) is 21.1 Å². The van der Waals surface area contributed by atoms with E-state index in [0.29, 0.717) is 21.8 Å². The summed E-state index contributed by atoms with van der Waals surface area (Å²) in [5, 5.41) is 0.607. The van der Waals surface area contributed by atoms with Crippen molar-refractivity contribution in [1.29, 1.82) is 0 Å². The van der Waals surface area contributed by atoms with Crippen molar-refractivity contribution < 1.29 is 4.79 Å². The Kier molecular flexibility index (Phi) is 5.10. The lowest BCUT2D eigenvalue weighted by atomic mass is 10.0. The Balaban J connectivity index is 1.74. The van der Waals surface area contributed by atoms with Crippen molar-refractivity contribution in [3.63, 3.8) is 0 Å². The number of carbonyl (C=O) groups is 1. The second-order valence-electron chi connectivity index (χ2n) is 8.68. The second-order valence-corrected chi connectivity index (χ2v) is 9.12. The van der Waals surface area contributed by atoms with Gasteiger partial charge in [0.2, 0.25) is 5.56 Å². The Labute approximate surface area is 201 Å². The molecule has 0 fully saturated rings. The van der Waals surface area contributed by atoms with E-state index in [1.54, 1.807) is 62.6 Å². The maximum atomic E-state index is 13.8. The molecule has 4 heterocycles. The number of pyridine rings is 2. The van der Waals surface area contributed by atoms with Crippen LogP contribution in [0.5, 0.6) is 0 Å². The van der Waals surface area contributed by atoms with Crippen molar-refractivity contribution in [2.45, 2.75) is 13.0 Å². The molecule has 3 aromatic heterocycles. The fourth-order valence-electron chi connectivity index (χ4n) is 4.72. The molecule has 0 saturated heterocycles. The number of nitrogens with zero attached hydrogens (tertiary/aromatic N) is 4. The monoisotopic (exact) mass is 474 g/mol. The molecule has 34 heavy (non-hydrogen) atoms. The first-order valence-corrected chi connectivity index (χ1v) is 11.2. The number of benzene rings is 1. The van der Waals surface area contributed by atoms with Crippen LogP contribution in [0.3, 0.4) is 0 Å². The first-order valence-electron chi connectivity index (χ1n) is 10.8. The number of anilines is 1. The van der Waals surface area contributed by atoms with Crippen molar-refractivity contribution in [3.05, 3.63) is 109 Å². The SMILES string of the molecule is Cc1cc(N2C(=O)c3cc(-c4ccc(=O)n(C)c4)n(C)c3C2c2ccc(Cl)cc2)cn(C)c1=O. The molecule has 4 aromatic rings.